The number of nitrogens with one attached hydrogen (secondary N) is 1. The molecule has 1 saturated heterocycles. The van der Waals surface area contributed by atoms with E-state index in [-0.39, 0.29) is 0 Å². The molecule has 3 rings (SSSR count). The number of benzene rings is 1. The van der Waals surface area contributed by atoms with Crippen molar-refractivity contribution in [2.24, 2.45) is 10.8 Å². The minimum atomic E-state index is -1.73. The summed E-state index contributed by atoms with van der Waals surface area (Å²) in [5, 5.41) is 21.1. The van der Waals surface area contributed by atoms with E-state index in [1.54, 1.807) is 12.1 Å². The number of piperidine rings is 1. The highest BCUT2D eigenvalue weighted by Crippen LogP contribution is 2.76. The topological polar surface area (TPSA) is 121 Å². The van der Waals surface area contributed by atoms with E-state index in [4.69, 9.17) is 14.2 Å². The van der Waals surface area contributed by atoms with Crippen LogP contribution in [0, 0.1) is 33.5 Å². The molecule has 0 aromatic heterocycles. The summed E-state index contributed by atoms with van der Waals surface area (Å²) in [7, 11) is 4.29. The Bertz CT molecular complexity index is 789. The first-order valence-corrected chi connectivity index (χ1v) is 6.96. The van der Waals surface area contributed by atoms with Gasteiger partial charge in [0.05, 0.1) is 33.5 Å². The van der Waals surface area contributed by atoms with Crippen LogP contribution in [-0.2, 0) is 9.59 Å². The molecule has 1 heterocycles. The number of carbonyl (C=O) groups is 2. The Hall–Kier alpha value is -3.26. The highest BCUT2D eigenvalue weighted by Gasteiger charge is 2.90. The van der Waals surface area contributed by atoms with Gasteiger partial charge in [0, 0.05) is 5.92 Å². The van der Waals surface area contributed by atoms with Crippen molar-refractivity contribution in [3.8, 4) is 29.4 Å². The van der Waals surface area contributed by atoms with E-state index in [1.807, 2.05) is 12.1 Å². The fourth-order valence-electron chi connectivity index (χ4n) is 3.57. The number of ether oxygens (including phenoxy) is 3. The average molecular weight is 327 g/mol. The third-order valence-electron chi connectivity index (χ3n) is 4.72. The third kappa shape index (κ3) is 1.45. The molecular weight excluding hydrogens is 314 g/mol. The maximum absolute atomic E-state index is 12.2. The van der Waals surface area contributed by atoms with E-state index in [2.05, 4.69) is 5.32 Å². The van der Waals surface area contributed by atoms with Crippen LogP contribution in [0.4, 0.5) is 0 Å². The summed E-state index contributed by atoms with van der Waals surface area (Å²) < 4.78 is 15.7. The molecule has 122 valence electrons. The smallest absolute Gasteiger partial charge is 0.250 e. The first-order chi connectivity index (χ1) is 11.5. The lowest BCUT2D eigenvalue weighted by atomic mass is 9.98. The zero-order valence-corrected chi connectivity index (χ0v) is 13.2. The second-order valence-corrected chi connectivity index (χ2v) is 5.51. The van der Waals surface area contributed by atoms with Crippen LogP contribution in [0.5, 0.6) is 17.2 Å². The van der Waals surface area contributed by atoms with E-state index in [0.29, 0.717) is 22.8 Å². The summed E-state index contributed by atoms with van der Waals surface area (Å²) >= 11 is 0. The average Bonchev–Trinajstić information content (AvgIpc) is 3.17. The van der Waals surface area contributed by atoms with Gasteiger partial charge in [-0.05, 0) is 17.7 Å². The molecule has 0 spiro atoms. The first-order valence-electron chi connectivity index (χ1n) is 6.96. The second kappa shape index (κ2) is 4.87. The molecule has 1 saturated carbocycles. The highest BCUT2D eigenvalue weighted by atomic mass is 16.5. The molecule has 0 radical (unpaired) electrons. The molecule has 8 nitrogen and oxygen atoms in total. The van der Waals surface area contributed by atoms with Crippen LogP contribution in [0.25, 0.3) is 0 Å². The number of hydrogen-bond donors (Lipinski definition) is 1. The summed E-state index contributed by atoms with van der Waals surface area (Å²) in [6.07, 6.45) is 0. The van der Waals surface area contributed by atoms with Gasteiger partial charge in [-0.15, -0.1) is 0 Å². The number of nitriles is 2. The van der Waals surface area contributed by atoms with Crippen molar-refractivity contribution in [1.29, 1.82) is 10.5 Å². The standard InChI is InChI=1S/C16H13N3O5/c1-22-9-4-8(5-10(23-2)11(9)24-3)12-15(6-17)13(20)19-14(21)16(12,15)7-18/h4-5,12H,1-3H3,(H,19,20,21)/t12?,15-,16+. The number of methoxy groups -OCH3 is 3. The quantitative estimate of drug-likeness (QED) is 0.798. The lowest BCUT2D eigenvalue weighted by Gasteiger charge is -2.15. The summed E-state index contributed by atoms with van der Waals surface area (Å²) in [6, 6.07) is 6.83. The lowest BCUT2D eigenvalue weighted by Crippen LogP contribution is -2.31. The van der Waals surface area contributed by atoms with Gasteiger partial charge in [0.15, 0.2) is 22.3 Å². The van der Waals surface area contributed by atoms with Crippen LogP contribution in [0.3, 0.4) is 0 Å². The molecule has 24 heavy (non-hydrogen) atoms. The number of rotatable bonds is 4. The zero-order valence-electron chi connectivity index (χ0n) is 13.2. The number of hydrogen-bond acceptors (Lipinski definition) is 7. The molecule has 8 heteroatoms. The van der Waals surface area contributed by atoms with Gasteiger partial charge in [0.25, 0.3) is 0 Å². The Morgan fingerprint density at radius 3 is 1.75 bits per heavy atom. The molecule has 0 bridgehead atoms. The lowest BCUT2D eigenvalue weighted by molar-refractivity contribution is -0.128. The predicted molar refractivity (Wildman–Crippen MR) is 78.1 cm³/mol. The van der Waals surface area contributed by atoms with Crippen molar-refractivity contribution in [3.63, 3.8) is 0 Å². The summed E-state index contributed by atoms with van der Waals surface area (Å²) in [5.74, 6) is -1.44. The minimum Gasteiger partial charge on any atom is -0.493 e. The van der Waals surface area contributed by atoms with E-state index < -0.39 is 28.6 Å². The summed E-state index contributed by atoms with van der Waals surface area (Å²) in [5.41, 5.74) is -3.04. The number of fused-ring (bicyclic) bond motifs is 1. The van der Waals surface area contributed by atoms with Crippen molar-refractivity contribution in [1.82, 2.24) is 5.32 Å². The van der Waals surface area contributed by atoms with Crippen LogP contribution in [0.1, 0.15) is 11.5 Å². The fraction of sp³-hybridized carbons (Fsp3) is 0.375. The molecule has 3 atom stereocenters. The van der Waals surface area contributed by atoms with Crippen molar-refractivity contribution in [3.05, 3.63) is 17.7 Å². The molecule has 1 N–H and O–H groups in total. The molecule has 1 unspecified atom stereocenters. The van der Waals surface area contributed by atoms with E-state index in [9.17, 15) is 20.1 Å². The van der Waals surface area contributed by atoms with Crippen molar-refractivity contribution < 1.29 is 23.8 Å². The summed E-state index contributed by atoms with van der Waals surface area (Å²) in [4.78, 5) is 24.3. The number of nitrogens with zero attached hydrogens (tertiary/aromatic N) is 2. The molecule has 1 aliphatic carbocycles. The molecule has 1 aromatic carbocycles. The van der Waals surface area contributed by atoms with E-state index in [0.717, 1.165) is 0 Å². The Kier molecular flexibility index (Phi) is 3.17. The number of amides is 2. The van der Waals surface area contributed by atoms with Gasteiger partial charge in [-0.2, -0.15) is 10.5 Å². The highest BCUT2D eigenvalue weighted by molar-refractivity contribution is 6.19. The van der Waals surface area contributed by atoms with Gasteiger partial charge in [-0.25, -0.2) is 0 Å². The van der Waals surface area contributed by atoms with Crippen molar-refractivity contribution in [2.75, 3.05) is 21.3 Å². The maximum atomic E-state index is 12.2. The fourth-order valence-corrected chi connectivity index (χ4v) is 3.57. The third-order valence-corrected chi connectivity index (χ3v) is 4.72. The Morgan fingerprint density at radius 2 is 1.42 bits per heavy atom. The predicted octanol–water partition coefficient (Wildman–Crippen LogP) is 0.486. The van der Waals surface area contributed by atoms with Gasteiger partial charge in [0.2, 0.25) is 17.6 Å². The van der Waals surface area contributed by atoms with Crippen LogP contribution in [0.2, 0.25) is 0 Å². The van der Waals surface area contributed by atoms with Crippen LogP contribution in [0.15, 0.2) is 12.1 Å². The molecule has 2 fully saturated rings. The molecule has 2 aliphatic rings. The number of carbonyl (C=O) groups excluding carboxylic acids is 2. The monoisotopic (exact) mass is 327 g/mol. The maximum Gasteiger partial charge on any atom is 0.250 e. The van der Waals surface area contributed by atoms with Gasteiger partial charge < -0.3 is 14.2 Å². The van der Waals surface area contributed by atoms with Crippen LogP contribution >= 0.6 is 0 Å². The number of imide groups is 1. The molecule has 2 amide bonds. The Morgan fingerprint density at radius 1 is 0.958 bits per heavy atom. The van der Waals surface area contributed by atoms with Crippen LogP contribution in [-0.4, -0.2) is 33.1 Å². The summed E-state index contributed by atoms with van der Waals surface area (Å²) in [6.45, 7) is 0. The normalized spacial score (nSPS) is 29.8. The minimum absolute atomic E-state index is 0.311. The van der Waals surface area contributed by atoms with Gasteiger partial charge in [0.1, 0.15) is 0 Å². The second-order valence-electron chi connectivity index (χ2n) is 5.51. The largest absolute Gasteiger partial charge is 0.493 e. The molecule has 1 aliphatic heterocycles. The van der Waals surface area contributed by atoms with Gasteiger partial charge in [-0.1, -0.05) is 0 Å². The Labute approximate surface area is 137 Å². The van der Waals surface area contributed by atoms with Gasteiger partial charge in [-0.3, -0.25) is 14.9 Å². The SMILES string of the molecule is COc1cc(C2[C@]3(C#N)C(=O)NC(=O)[C@]23C#N)cc(OC)c1OC. The molecule has 1 aromatic rings. The Balaban J connectivity index is 2.22. The van der Waals surface area contributed by atoms with E-state index >= 15 is 0 Å². The van der Waals surface area contributed by atoms with E-state index in [1.165, 1.54) is 21.3 Å². The van der Waals surface area contributed by atoms with Crippen molar-refractivity contribution >= 4 is 11.8 Å². The first kappa shape index (κ1) is 15.6. The van der Waals surface area contributed by atoms with Gasteiger partial charge >= 0.3 is 0 Å². The van der Waals surface area contributed by atoms with Crippen LogP contribution < -0.4 is 19.5 Å². The van der Waals surface area contributed by atoms with Crippen molar-refractivity contribution in [2.45, 2.75) is 5.92 Å². The zero-order chi connectivity index (χ0) is 17.7. The molecular formula is C16H13N3O5.